The lowest BCUT2D eigenvalue weighted by atomic mass is 10.1. The van der Waals surface area contributed by atoms with Gasteiger partial charge in [0, 0.05) is 24.7 Å². The van der Waals surface area contributed by atoms with E-state index < -0.39 is 17.7 Å². The molecule has 0 spiro atoms. The summed E-state index contributed by atoms with van der Waals surface area (Å²) in [6.45, 7) is -0.0129. The van der Waals surface area contributed by atoms with E-state index in [0.29, 0.717) is 11.6 Å². The molecule has 2 rings (SSSR count). The van der Waals surface area contributed by atoms with E-state index in [-0.39, 0.29) is 22.5 Å². The van der Waals surface area contributed by atoms with Gasteiger partial charge in [0.15, 0.2) is 23.2 Å². The third-order valence-corrected chi connectivity index (χ3v) is 3.53. The van der Waals surface area contributed by atoms with Crippen LogP contribution in [0.25, 0.3) is 0 Å². The SMILES string of the molecule is CNc1nc(Cl)ncc1OCC(OC)c1cc(F)c(F)cc1Cl. The van der Waals surface area contributed by atoms with Crippen LogP contribution in [0.3, 0.4) is 0 Å². The van der Waals surface area contributed by atoms with Gasteiger partial charge < -0.3 is 14.8 Å². The number of halogens is 4. The highest BCUT2D eigenvalue weighted by Crippen LogP contribution is 2.29. The molecule has 1 heterocycles. The van der Waals surface area contributed by atoms with Crippen LogP contribution < -0.4 is 10.1 Å². The van der Waals surface area contributed by atoms with Gasteiger partial charge in [0.1, 0.15) is 12.7 Å². The van der Waals surface area contributed by atoms with E-state index in [1.165, 1.54) is 13.3 Å². The molecule has 23 heavy (non-hydrogen) atoms. The summed E-state index contributed by atoms with van der Waals surface area (Å²) in [4.78, 5) is 7.77. The highest BCUT2D eigenvalue weighted by atomic mass is 35.5. The zero-order chi connectivity index (χ0) is 17.0. The van der Waals surface area contributed by atoms with Crippen LogP contribution in [0, 0.1) is 11.6 Å². The summed E-state index contributed by atoms with van der Waals surface area (Å²) in [5, 5.41) is 2.91. The summed E-state index contributed by atoms with van der Waals surface area (Å²) >= 11 is 11.6. The second-order valence-corrected chi connectivity index (χ2v) is 5.17. The Labute approximate surface area is 141 Å². The number of benzene rings is 1. The molecule has 0 aliphatic carbocycles. The second-order valence-electron chi connectivity index (χ2n) is 4.43. The van der Waals surface area contributed by atoms with Gasteiger partial charge in [0.25, 0.3) is 0 Å². The average Bonchev–Trinajstić information content (AvgIpc) is 2.53. The van der Waals surface area contributed by atoms with E-state index >= 15 is 0 Å². The normalized spacial score (nSPS) is 12.1. The van der Waals surface area contributed by atoms with Crippen LogP contribution in [-0.4, -0.2) is 30.7 Å². The Morgan fingerprint density at radius 2 is 1.96 bits per heavy atom. The summed E-state index contributed by atoms with van der Waals surface area (Å²) < 4.78 is 37.4. The lowest BCUT2D eigenvalue weighted by molar-refractivity contribution is 0.0574. The first kappa shape index (κ1) is 17.7. The van der Waals surface area contributed by atoms with Crippen molar-refractivity contribution in [1.82, 2.24) is 9.97 Å². The van der Waals surface area contributed by atoms with Crippen LogP contribution in [0.15, 0.2) is 18.3 Å². The average molecular weight is 364 g/mol. The molecule has 9 heteroatoms. The van der Waals surface area contributed by atoms with Crippen LogP contribution in [0.1, 0.15) is 11.7 Å². The predicted octanol–water partition coefficient (Wildman–Crippen LogP) is 3.87. The summed E-state index contributed by atoms with van der Waals surface area (Å²) in [5.41, 5.74) is 0.272. The van der Waals surface area contributed by atoms with Crippen molar-refractivity contribution < 1.29 is 18.3 Å². The largest absolute Gasteiger partial charge is 0.485 e. The van der Waals surface area contributed by atoms with Gasteiger partial charge in [-0.1, -0.05) is 11.6 Å². The van der Waals surface area contributed by atoms with Gasteiger partial charge in [-0.3, -0.25) is 0 Å². The fourth-order valence-electron chi connectivity index (χ4n) is 1.87. The zero-order valence-corrected chi connectivity index (χ0v) is 13.8. The Morgan fingerprint density at radius 1 is 1.26 bits per heavy atom. The molecule has 0 radical (unpaired) electrons. The Hall–Kier alpha value is -1.70. The van der Waals surface area contributed by atoms with Gasteiger partial charge in [-0.25, -0.2) is 13.8 Å². The maximum Gasteiger partial charge on any atom is 0.224 e. The van der Waals surface area contributed by atoms with Crippen molar-refractivity contribution in [3.63, 3.8) is 0 Å². The lowest BCUT2D eigenvalue weighted by Gasteiger charge is -2.19. The molecule has 0 bridgehead atoms. The minimum Gasteiger partial charge on any atom is -0.485 e. The highest BCUT2D eigenvalue weighted by molar-refractivity contribution is 6.31. The first-order chi connectivity index (χ1) is 11.0. The maximum atomic E-state index is 13.4. The summed E-state index contributed by atoms with van der Waals surface area (Å²) in [6, 6.07) is 1.87. The minimum atomic E-state index is -1.03. The van der Waals surface area contributed by atoms with Crippen LogP contribution in [0.4, 0.5) is 14.6 Å². The topological polar surface area (TPSA) is 56.3 Å². The Bertz CT molecular complexity index is 704. The number of aromatic nitrogens is 2. The molecule has 124 valence electrons. The summed E-state index contributed by atoms with van der Waals surface area (Å²) in [7, 11) is 3.05. The predicted molar refractivity (Wildman–Crippen MR) is 83.2 cm³/mol. The first-order valence-electron chi connectivity index (χ1n) is 6.46. The molecule has 0 aliphatic rings. The molecule has 1 atom stereocenters. The third-order valence-electron chi connectivity index (χ3n) is 3.02. The fraction of sp³-hybridized carbons (Fsp3) is 0.286. The lowest BCUT2D eigenvalue weighted by Crippen LogP contribution is -2.14. The quantitative estimate of drug-likeness (QED) is 0.623. The van der Waals surface area contributed by atoms with Crippen LogP contribution >= 0.6 is 23.2 Å². The maximum absolute atomic E-state index is 13.4. The standard InChI is InChI=1S/C14H13Cl2F2N3O2/c1-19-13-11(5-20-14(16)21-13)23-6-12(22-2)7-3-9(17)10(18)4-8(7)15/h3-5,12H,6H2,1-2H3,(H,19,20,21). The van der Waals surface area contributed by atoms with Gasteiger partial charge >= 0.3 is 0 Å². The van der Waals surface area contributed by atoms with Crippen molar-refractivity contribution in [2.24, 2.45) is 0 Å². The number of nitrogens with one attached hydrogen (secondary N) is 1. The third kappa shape index (κ3) is 4.19. The molecule has 0 fully saturated rings. The Kier molecular flexibility index (Phi) is 5.92. The van der Waals surface area contributed by atoms with E-state index in [0.717, 1.165) is 12.1 Å². The number of rotatable bonds is 6. The van der Waals surface area contributed by atoms with Gasteiger partial charge in [-0.05, 0) is 23.7 Å². The zero-order valence-electron chi connectivity index (χ0n) is 12.2. The van der Waals surface area contributed by atoms with E-state index in [2.05, 4.69) is 15.3 Å². The van der Waals surface area contributed by atoms with Crippen molar-refractivity contribution in [2.75, 3.05) is 26.1 Å². The number of hydrogen-bond donors (Lipinski definition) is 1. The molecule has 5 nitrogen and oxygen atoms in total. The number of anilines is 1. The van der Waals surface area contributed by atoms with Gasteiger partial charge in [0.05, 0.1) is 6.20 Å². The van der Waals surface area contributed by atoms with Crippen molar-refractivity contribution in [2.45, 2.75) is 6.10 Å². The minimum absolute atomic E-state index is 0.0129. The fourth-order valence-corrected chi connectivity index (χ4v) is 2.27. The number of ether oxygens (including phenoxy) is 2. The van der Waals surface area contributed by atoms with Crippen LogP contribution in [-0.2, 0) is 4.74 Å². The molecule has 0 amide bonds. The van der Waals surface area contributed by atoms with Crippen molar-refractivity contribution in [3.05, 3.63) is 45.8 Å². The molecular formula is C14H13Cl2F2N3O2. The Morgan fingerprint density at radius 3 is 2.61 bits per heavy atom. The van der Waals surface area contributed by atoms with Crippen LogP contribution in [0.5, 0.6) is 5.75 Å². The molecule has 0 aliphatic heterocycles. The molecule has 0 saturated heterocycles. The van der Waals surface area contributed by atoms with E-state index in [9.17, 15) is 8.78 Å². The van der Waals surface area contributed by atoms with Gasteiger partial charge in [-0.2, -0.15) is 4.98 Å². The van der Waals surface area contributed by atoms with E-state index in [4.69, 9.17) is 32.7 Å². The number of hydrogen-bond acceptors (Lipinski definition) is 5. The summed E-state index contributed by atoms with van der Waals surface area (Å²) in [6.07, 6.45) is 0.679. The molecular weight excluding hydrogens is 351 g/mol. The number of nitrogens with zero attached hydrogens (tertiary/aromatic N) is 2. The summed E-state index contributed by atoms with van der Waals surface area (Å²) in [5.74, 6) is -1.33. The smallest absolute Gasteiger partial charge is 0.224 e. The molecule has 1 aromatic carbocycles. The molecule has 1 N–H and O–H groups in total. The van der Waals surface area contributed by atoms with E-state index in [1.54, 1.807) is 7.05 Å². The molecule has 2 aromatic rings. The molecule has 1 aromatic heterocycles. The van der Waals surface area contributed by atoms with Crippen molar-refractivity contribution >= 4 is 29.0 Å². The van der Waals surface area contributed by atoms with Gasteiger partial charge in [0.2, 0.25) is 5.28 Å². The second kappa shape index (κ2) is 7.72. The molecule has 0 saturated carbocycles. The Balaban J connectivity index is 2.19. The number of methoxy groups -OCH3 is 1. The molecule has 1 unspecified atom stereocenters. The van der Waals surface area contributed by atoms with Gasteiger partial charge in [-0.15, -0.1) is 0 Å². The first-order valence-corrected chi connectivity index (χ1v) is 7.22. The van der Waals surface area contributed by atoms with E-state index in [1.807, 2.05) is 0 Å². The van der Waals surface area contributed by atoms with Crippen molar-refractivity contribution in [3.8, 4) is 5.75 Å². The highest BCUT2D eigenvalue weighted by Gasteiger charge is 2.19. The van der Waals surface area contributed by atoms with Crippen LogP contribution in [0.2, 0.25) is 10.3 Å². The monoisotopic (exact) mass is 363 g/mol. The van der Waals surface area contributed by atoms with Crippen molar-refractivity contribution in [1.29, 1.82) is 0 Å².